The number of rotatable bonds is 3. The zero-order valence-corrected chi connectivity index (χ0v) is 10.9. The third kappa shape index (κ3) is 2.65. The smallest absolute Gasteiger partial charge is 0.260 e. The van der Waals surface area contributed by atoms with Crippen LogP contribution in [0.2, 0.25) is 0 Å². The van der Waals surface area contributed by atoms with E-state index in [2.05, 4.69) is 10.3 Å². The minimum atomic E-state index is -0.152. The zero-order chi connectivity index (χ0) is 13.1. The van der Waals surface area contributed by atoms with Crippen LogP contribution in [-0.4, -0.2) is 17.9 Å². The van der Waals surface area contributed by atoms with Crippen molar-refractivity contribution in [2.45, 2.75) is 17.0 Å². The Balaban J connectivity index is 2.29. The molecule has 1 heterocycles. The van der Waals surface area contributed by atoms with Crippen molar-refractivity contribution < 1.29 is 9.21 Å². The van der Waals surface area contributed by atoms with Crippen LogP contribution in [0.15, 0.2) is 39.0 Å². The Kier molecular flexibility index (Phi) is 3.57. The third-order valence-electron chi connectivity index (χ3n) is 2.30. The van der Waals surface area contributed by atoms with Crippen molar-refractivity contribution >= 4 is 23.4 Å². The maximum absolute atomic E-state index is 11.5. The van der Waals surface area contributed by atoms with Gasteiger partial charge in [0, 0.05) is 23.2 Å². The number of oxazole rings is 1. The standard InChI is InChI=1S/C12H13N3O2S/c1-7-6-17-12(15-7)18-10-5-8(11(16)14-2)3-4-9(10)13/h3-6H,13H2,1-2H3,(H,14,16). The molecule has 0 aliphatic carbocycles. The fourth-order valence-corrected chi connectivity index (χ4v) is 2.23. The highest BCUT2D eigenvalue weighted by Crippen LogP contribution is 2.32. The number of nitrogens with one attached hydrogen (secondary N) is 1. The number of carbonyl (C=O) groups excluding carboxylic acids is 1. The molecule has 18 heavy (non-hydrogen) atoms. The van der Waals surface area contributed by atoms with E-state index >= 15 is 0 Å². The van der Waals surface area contributed by atoms with Crippen LogP contribution in [0.4, 0.5) is 5.69 Å². The largest absolute Gasteiger partial charge is 0.439 e. The molecule has 2 rings (SSSR count). The average molecular weight is 263 g/mol. The number of carbonyl (C=O) groups is 1. The first-order valence-corrected chi connectivity index (χ1v) is 6.13. The van der Waals surface area contributed by atoms with E-state index in [0.29, 0.717) is 16.5 Å². The van der Waals surface area contributed by atoms with Crippen molar-refractivity contribution in [1.82, 2.24) is 10.3 Å². The van der Waals surface area contributed by atoms with Gasteiger partial charge in [0.05, 0.1) is 5.69 Å². The molecular weight excluding hydrogens is 250 g/mol. The van der Waals surface area contributed by atoms with E-state index in [0.717, 1.165) is 10.6 Å². The summed E-state index contributed by atoms with van der Waals surface area (Å²) in [6, 6.07) is 5.10. The van der Waals surface area contributed by atoms with E-state index in [1.807, 2.05) is 6.92 Å². The molecule has 0 fully saturated rings. The molecule has 1 amide bonds. The van der Waals surface area contributed by atoms with Crippen LogP contribution in [0.5, 0.6) is 0 Å². The lowest BCUT2D eigenvalue weighted by molar-refractivity contribution is 0.0963. The van der Waals surface area contributed by atoms with Gasteiger partial charge in [-0.1, -0.05) is 0 Å². The maximum Gasteiger partial charge on any atom is 0.260 e. The first-order chi connectivity index (χ1) is 8.60. The quantitative estimate of drug-likeness (QED) is 0.828. The Morgan fingerprint density at radius 3 is 2.89 bits per heavy atom. The van der Waals surface area contributed by atoms with Gasteiger partial charge < -0.3 is 15.5 Å². The molecule has 0 aliphatic rings. The first kappa shape index (κ1) is 12.5. The second-order valence-corrected chi connectivity index (χ2v) is 4.68. The van der Waals surface area contributed by atoms with E-state index < -0.39 is 0 Å². The first-order valence-electron chi connectivity index (χ1n) is 5.31. The second kappa shape index (κ2) is 5.14. The summed E-state index contributed by atoms with van der Waals surface area (Å²) in [5.41, 5.74) is 7.81. The summed E-state index contributed by atoms with van der Waals surface area (Å²) < 4.78 is 5.25. The summed E-state index contributed by atoms with van der Waals surface area (Å²) in [5.74, 6) is -0.152. The molecule has 3 N–H and O–H groups in total. The molecule has 0 radical (unpaired) electrons. The molecule has 0 atom stereocenters. The topological polar surface area (TPSA) is 81.2 Å². The lowest BCUT2D eigenvalue weighted by Gasteiger charge is -2.05. The molecule has 1 aromatic heterocycles. The second-order valence-electron chi connectivity index (χ2n) is 3.69. The van der Waals surface area contributed by atoms with Gasteiger partial charge >= 0.3 is 0 Å². The normalized spacial score (nSPS) is 10.3. The van der Waals surface area contributed by atoms with Gasteiger partial charge in [0.25, 0.3) is 11.1 Å². The zero-order valence-electron chi connectivity index (χ0n) is 10.1. The molecule has 2 aromatic rings. The van der Waals surface area contributed by atoms with E-state index in [4.69, 9.17) is 10.2 Å². The number of nitrogen functional groups attached to an aromatic ring is 1. The Morgan fingerprint density at radius 2 is 2.28 bits per heavy atom. The van der Waals surface area contributed by atoms with Crippen LogP contribution in [0.3, 0.4) is 0 Å². The van der Waals surface area contributed by atoms with Gasteiger partial charge in [0.15, 0.2) is 0 Å². The van der Waals surface area contributed by atoms with Crippen LogP contribution < -0.4 is 11.1 Å². The molecule has 1 aromatic carbocycles. The molecule has 0 aliphatic heterocycles. The van der Waals surface area contributed by atoms with Crippen LogP contribution in [-0.2, 0) is 0 Å². The minimum absolute atomic E-state index is 0.152. The average Bonchev–Trinajstić information content (AvgIpc) is 2.76. The van der Waals surface area contributed by atoms with Gasteiger partial charge in [-0.25, -0.2) is 4.98 Å². The van der Waals surface area contributed by atoms with E-state index in [9.17, 15) is 4.79 Å². The van der Waals surface area contributed by atoms with Crippen molar-refractivity contribution in [3.63, 3.8) is 0 Å². The highest BCUT2D eigenvalue weighted by atomic mass is 32.2. The predicted octanol–water partition coefficient (Wildman–Crippen LogP) is 2.08. The summed E-state index contributed by atoms with van der Waals surface area (Å²) in [5, 5.41) is 3.08. The molecule has 94 valence electrons. The Hall–Kier alpha value is -1.95. The summed E-state index contributed by atoms with van der Waals surface area (Å²) in [4.78, 5) is 16.5. The highest BCUT2D eigenvalue weighted by molar-refractivity contribution is 7.99. The number of aromatic nitrogens is 1. The summed E-state index contributed by atoms with van der Waals surface area (Å²) in [6.45, 7) is 1.85. The Morgan fingerprint density at radius 1 is 1.50 bits per heavy atom. The van der Waals surface area contributed by atoms with Crippen molar-refractivity contribution in [3.05, 3.63) is 35.7 Å². The summed E-state index contributed by atoms with van der Waals surface area (Å²) >= 11 is 1.29. The van der Waals surface area contributed by atoms with Gasteiger partial charge in [-0.05, 0) is 36.9 Å². The van der Waals surface area contributed by atoms with Crippen LogP contribution >= 0.6 is 11.8 Å². The fraction of sp³-hybridized carbons (Fsp3) is 0.167. The lowest BCUT2D eigenvalue weighted by atomic mass is 10.2. The van der Waals surface area contributed by atoms with E-state index in [-0.39, 0.29) is 5.91 Å². The Labute approximate surface area is 109 Å². The molecule has 0 saturated heterocycles. The third-order valence-corrected chi connectivity index (χ3v) is 3.23. The maximum atomic E-state index is 11.5. The number of nitrogens with zero attached hydrogens (tertiary/aromatic N) is 1. The predicted molar refractivity (Wildman–Crippen MR) is 69.6 cm³/mol. The number of anilines is 1. The summed E-state index contributed by atoms with van der Waals surface area (Å²) in [6.07, 6.45) is 1.57. The molecule has 5 nitrogen and oxygen atoms in total. The van der Waals surface area contributed by atoms with Gasteiger partial charge in [-0.3, -0.25) is 4.79 Å². The number of benzene rings is 1. The van der Waals surface area contributed by atoms with Gasteiger partial charge in [-0.15, -0.1) is 0 Å². The SMILES string of the molecule is CNC(=O)c1ccc(N)c(Sc2nc(C)co2)c1. The summed E-state index contributed by atoms with van der Waals surface area (Å²) in [7, 11) is 1.59. The fourth-order valence-electron chi connectivity index (χ4n) is 1.38. The number of nitrogens with two attached hydrogens (primary N) is 1. The number of hydrogen-bond donors (Lipinski definition) is 2. The van der Waals surface area contributed by atoms with Gasteiger partial charge in [0.1, 0.15) is 6.26 Å². The van der Waals surface area contributed by atoms with Gasteiger partial charge in [-0.2, -0.15) is 0 Å². The van der Waals surface area contributed by atoms with Crippen molar-refractivity contribution in [1.29, 1.82) is 0 Å². The van der Waals surface area contributed by atoms with E-state index in [1.165, 1.54) is 11.8 Å². The highest BCUT2D eigenvalue weighted by Gasteiger charge is 2.10. The van der Waals surface area contributed by atoms with Gasteiger partial charge in [0.2, 0.25) is 0 Å². The van der Waals surface area contributed by atoms with Crippen molar-refractivity contribution in [2.24, 2.45) is 0 Å². The molecule has 0 spiro atoms. The molecule has 6 heteroatoms. The number of amides is 1. The molecule has 0 saturated carbocycles. The van der Waals surface area contributed by atoms with Crippen LogP contribution in [0.1, 0.15) is 16.1 Å². The minimum Gasteiger partial charge on any atom is -0.439 e. The molecular formula is C12H13N3O2S. The van der Waals surface area contributed by atoms with E-state index in [1.54, 1.807) is 31.5 Å². The Bertz CT molecular complexity index is 580. The van der Waals surface area contributed by atoms with Crippen LogP contribution in [0.25, 0.3) is 0 Å². The number of aryl methyl sites for hydroxylation is 1. The van der Waals surface area contributed by atoms with Crippen molar-refractivity contribution in [3.8, 4) is 0 Å². The molecule has 0 bridgehead atoms. The van der Waals surface area contributed by atoms with Crippen LogP contribution in [0, 0.1) is 6.92 Å². The number of hydrogen-bond acceptors (Lipinski definition) is 5. The monoisotopic (exact) mass is 263 g/mol. The lowest BCUT2D eigenvalue weighted by Crippen LogP contribution is -2.17. The molecule has 0 unspecified atom stereocenters. The van der Waals surface area contributed by atoms with Crippen molar-refractivity contribution in [2.75, 3.05) is 12.8 Å².